The van der Waals surface area contributed by atoms with Crippen molar-refractivity contribution in [2.75, 3.05) is 10.8 Å². The molecule has 30 heavy (non-hydrogen) atoms. The van der Waals surface area contributed by atoms with Gasteiger partial charge in [-0.1, -0.05) is 68.4 Å². The number of nitrogens with one attached hydrogen (secondary N) is 1. The Bertz CT molecular complexity index is 1080. The van der Waals surface area contributed by atoms with E-state index < -0.39 is 10.0 Å². The average molecular weight is 423 g/mol. The first-order valence-corrected chi connectivity index (χ1v) is 11.3. The number of nitrogens with zero attached hydrogens (tertiary/aromatic N) is 1. The van der Waals surface area contributed by atoms with Crippen LogP contribution in [0.5, 0.6) is 0 Å². The summed E-state index contributed by atoms with van der Waals surface area (Å²) in [5.41, 5.74) is 1.72. The molecule has 0 aliphatic heterocycles. The van der Waals surface area contributed by atoms with Crippen molar-refractivity contribution in [1.82, 2.24) is 5.32 Å². The van der Waals surface area contributed by atoms with Crippen LogP contribution in [-0.2, 0) is 16.6 Å². The van der Waals surface area contributed by atoms with Crippen molar-refractivity contribution in [1.29, 1.82) is 0 Å². The number of hydrogen-bond acceptors (Lipinski definition) is 3. The van der Waals surface area contributed by atoms with E-state index in [1.807, 2.05) is 44.2 Å². The molecule has 3 rings (SSSR count). The van der Waals surface area contributed by atoms with Crippen LogP contribution in [0.3, 0.4) is 0 Å². The SMILES string of the molecule is CC(C)CNC(=O)c1cccc(N(Cc2ccccc2)S(=O)(=O)c2ccccc2)c1. The lowest BCUT2D eigenvalue weighted by Gasteiger charge is -2.25. The van der Waals surface area contributed by atoms with Crippen molar-refractivity contribution in [2.24, 2.45) is 5.92 Å². The Morgan fingerprint density at radius 1 is 0.900 bits per heavy atom. The molecule has 3 aromatic rings. The fraction of sp³-hybridized carbons (Fsp3) is 0.208. The molecule has 0 spiro atoms. The van der Waals surface area contributed by atoms with Gasteiger partial charge in [0.1, 0.15) is 0 Å². The highest BCUT2D eigenvalue weighted by atomic mass is 32.2. The standard InChI is InChI=1S/C24H26N2O3S/c1-19(2)17-25-24(27)21-12-9-13-22(16-21)26(18-20-10-5-3-6-11-20)30(28,29)23-14-7-4-8-15-23/h3-16,19H,17-18H2,1-2H3,(H,25,27). The fourth-order valence-electron chi connectivity index (χ4n) is 2.99. The molecule has 0 aliphatic rings. The molecule has 0 bridgehead atoms. The van der Waals surface area contributed by atoms with Crippen LogP contribution in [0.15, 0.2) is 89.8 Å². The van der Waals surface area contributed by atoms with Crippen molar-refractivity contribution in [3.8, 4) is 0 Å². The van der Waals surface area contributed by atoms with Gasteiger partial charge in [-0.3, -0.25) is 9.10 Å². The summed E-state index contributed by atoms with van der Waals surface area (Å²) < 4.78 is 28.3. The first kappa shape index (κ1) is 21.6. The summed E-state index contributed by atoms with van der Waals surface area (Å²) in [7, 11) is -3.82. The van der Waals surface area contributed by atoms with Crippen LogP contribution in [0.4, 0.5) is 5.69 Å². The molecular weight excluding hydrogens is 396 g/mol. The smallest absolute Gasteiger partial charge is 0.264 e. The monoisotopic (exact) mass is 422 g/mol. The molecule has 1 amide bonds. The number of carbonyl (C=O) groups excluding carboxylic acids is 1. The number of amides is 1. The highest BCUT2D eigenvalue weighted by Crippen LogP contribution is 2.27. The summed E-state index contributed by atoms with van der Waals surface area (Å²) in [6.45, 7) is 4.75. The Labute approximate surface area is 178 Å². The normalized spacial score (nSPS) is 11.3. The molecule has 0 aromatic heterocycles. The maximum absolute atomic E-state index is 13.5. The molecule has 0 fully saturated rings. The van der Waals surface area contributed by atoms with Gasteiger partial charge in [-0.25, -0.2) is 8.42 Å². The molecule has 6 heteroatoms. The van der Waals surface area contributed by atoms with Crippen LogP contribution in [0.25, 0.3) is 0 Å². The Balaban J connectivity index is 2.00. The zero-order valence-electron chi connectivity index (χ0n) is 17.2. The fourth-order valence-corrected chi connectivity index (χ4v) is 4.45. The largest absolute Gasteiger partial charge is 0.352 e. The maximum Gasteiger partial charge on any atom is 0.264 e. The third kappa shape index (κ3) is 5.27. The second kappa shape index (κ2) is 9.59. The Hall–Kier alpha value is -3.12. The second-order valence-corrected chi connectivity index (χ2v) is 9.33. The molecule has 156 valence electrons. The van der Waals surface area contributed by atoms with Crippen LogP contribution in [0.2, 0.25) is 0 Å². The summed E-state index contributed by atoms with van der Waals surface area (Å²) in [4.78, 5) is 12.7. The van der Waals surface area contributed by atoms with Gasteiger partial charge in [0.05, 0.1) is 17.1 Å². The van der Waals surface area contributed by atoms with Crippen LogP contribution in [0.1, 0.15) is 29.8 Å². The molecular formula is C24H26N2O3S. The van der Waals surface area contributed by atoms with Crippen LogP contribution < -0.4 is 9.62 Å². The van der Waals surface area contributed by atoms with Crippen molar-refractivity contribution >= 4 is 21.6 Å². The third-order valence-electron chi connectivity index (χ3n) is 4.57. The number of benzene rings is 3. The first-order valence-electron chi connectivity index (χ1n) is 9.88. The topological polar surface area (TPSA) is 66.5 Å². The summed E-state index contributed by atoms with van der Waals surface area (Å²) in [6, 6.07) is 24.5. The van der Waals surface area contributed by atoms with E-state index >= 15 is 0 Å². The van der Waals surface area contributed by atoms with Gasteiger partial charge in [0, 0.05) is 12.1 Å². The van der Waals surface area contributed by atoms with Crippen molar-refractivity contribution in [3.05, 3.63) is 96.1 Å². The first-order chi connectivity index (χ1) is 14.4. The molecule has 0 radical (unpaired) electrons. The lowest BCUT2D eigenvalue weighted by molar-refractivity contribution is 0.0949. The van der Waals surface area contributed by atoms with Crippen LogP contribution >= 0.6 is 0 Å². The van der Waals surface area contributed by atoms with Gasteiger partial charge in [-0.15, -0.1) is 0 Å². The summed E-state index contributed by atoms with van der Waals surface area (Å²) >= 11 is 0. The Morgan fingerprint density at radius 3 is 2.17 bits per heavy atom. The van der Waals surface area contributed by atoms with Gasteiger partial charge in [0.25, 0.3) is 15.9 Å². The van der Waals surface area contributed by atoms with E-state index in [2.05, 4.69) is 5.32 Å². The molecule has 0 atom stereocenters. The number of anilines is 1. The average Bonchev–Trinajstić information content (AvgIpc) is 2.77. The lowest BCUT2D eigenvalue weighted by Crippen LogP contribution is -2.31. The van der Waals surface area contributed by atoms with E-state index in [1.54, 1.807) is 54.6 Å². The predicted molar refractivity (Wildman–Crippen MR) is 120 cm³/mol. The van der Waals surface area contributed by atoms with Gasteiger partial charge in [-0.2, -0.15) is 0 Å². The van der Waals surface area contributed by atoms with E-state index in [0.717, 1.165) is 5.56 Å². The van der Waals surface area contributed by atoms with E-state index in [-0.39, 0.29) is 17.3 Å². The number of rotatable bonds is 8. The Kier molecular flexibility index (Phi) is 6.90. The molecule has 1 N–H and O–H groups in total. The van der Waals surface area contributed by atoms with Crippen molar-refractivity contribution < 1.29 is 13.2 Å². The number of carbonyl (C=O) groups is 1. The molecule has 0 aliphatic carbocycles. The molecule has 3 aromatic carbocycles. The van der Waals surface area contributed by atoms with E-state index in [1.165, 1.54) is 4.31 Å². The van der Waals surface area contributed by atoms with E-state index in [4.69, 9.17) is 0 Å². The number of hydrogen-bond donors (Lipinski definition) is 1. The second-order valence-electron chi connectivity index (χ2n) is 7.46. The highest BCUT2D eigenvalue weighted by Gasteiger charge is 2.25. The van der Waals surface area contributed by atoms with Gasteiger partial charge < -0.3 is 5.32 Å². The maximum atomic E-state index is 13.5. The molecule has 0 saturated carbocycles. The van der Waals surface area contributed by atoms with Crippen LogP contribution in [-0.4, -0.2) is 20.9 Å². The minimum absolute atomic E-state index is 0.162. The summed E-state index contributed by atoms with van der Waals surface area (Å²) in [5, 5.41) is 2.88. The van der Waals surface area contributed by atoms with Crippen molar-refractivity contribution in [2.45, 2.75) is 25.3 Å². The predicted octanol–water partition coefficient (Wildman–Crippen LogP) is 4.47. The molecule has 0 heterocycles. The van der Waals surface area contributed by atoms with Gasteiger partial charge in [-0.05, 0) is 41.8 Å². The molecule has 0 saturated heterocycles. The Morgan fingerprint density at radius 2 is 1.53 bits per heavy atom. The molecule has 0 unspecified atom stereocenters. The minimum atomic E-state index is -3.82. The van der Waals surface area contributed by atoms with Gasteiger partial charge in [0.2, 0.25) is 0 Å². The third-order valence-corrected chi connectivity index (χ3v) is 6.36. The van der Waals surface area contributed by atoms with Crippen LogP contribution in [0, 0.1) is 5.92 Å². The zero-order valence-corrected chi connectivity index (χ0v) is 18.0. The number of sulfonamides is 1. The highest BCUT2D eigenvalue weighted by molar-refractivity contribution is 7.92. The van der Waals surface area contributed by atoms with Gasteiger partial charge in [0.15, 0.2) is 0 Å². The quantitative estimate of drug-likeness (QED) is 0.582. The lowest BCUT2D eigenvalue weighted by atomic mass is 10.1. The molecule has 5 nitrogen and oxygen atoms in total. The van der Waals surface area contributed by atoms with Gasteiger partial charge >= 0.3 is 0 Å². The van der Waals surface area contributed by atoms with Crippen molar-refractivity contribution in [3.63, 3.8) is 0 Å². The van der Waals surface area contributed by atoms with E-state index in [0.29, 0.717) is 23.7 Å². The minimum Gasteiger partial charge on any atom is -0.352 e. The zero-order chi connectivity index (χ0) is 21.6. The summed E-state index contributed by atoms with van der Waals surface area (Å²) in [5.74, 6) is 0.104. The summed E-state index contributed by atoms with van der Waals surface area (Å²) in [6.07, 6.45) is 0. The van der Waals surface area contributed by atoms with E-state index in [9.17, 15) is 13.2 Å².